The van der Waals surface area contributed by atoms with Gasteiger partial charge in [0.15, 0.2) is 0 Å². The Kier molecular flexibility index (Phi) is 11.3. The van der Waals surface area contributed by atoms with Crippen LogP contribution in [0.1, 0.15) is 33.1 Å². The van der Waals surface area contributed by atoms with Crippen LogP contribution in [0, 0.1) is 0 Å². The Bertz CT molecular complexity index is 579. The second-order valence-corrected chi connectivity index (χ2v) is 10.1. The van der Waals surface area contributed by atoms with Gasteiger partial charge in [-0.25, -0.2) is 16.8 Å². The van der Waals surface area contributed by atoms with Crippen LogP contribution >= 0.6 is 0 Å². The summed E-state index contributed by atoms with van der Waals surface area (Å²) in [5.41, 5.74) is 0. The van der Waals surface area contributed by atoms with Crippen LogP contribution in [0.5, 0.6) is 0 Å². The molecule has 1 aliphatic heterocycles. The van der Waals surface area contributed by atoms with Gasteiger partial charge in [-0.2, -0.15) is 4.31 Å². The van der Waals surface area contributed by atoms with Crippen LogP contribution in [0.25, 0.3) is 0 Å². The van der Waals surface area contributed by atoms with E-state index in [2.05, 4.69) is 4.90 Å². The average Bonchev–Trinajstić information content (AvgIpc) is 2.80. The minimum atomic E-state index is -4.15. The van der Waals surface area contributed by atoms with E-state index < -0.39 is 25.0 Å². The first kappa shape index (κ1) is 25.4. The minimum Gasteiger partial charge on any atom is -0.748 e. The van der Waals surface area contributed by atoms with E-state index in [-0.39, 0.29) is 57.1 Å². The molecule has 0 aliphatic carbocycles. The fourth-order valence-corrected chi connectivity index (χ4v) is 4.64. The van der Waals surface area contributed by atoms with E-state index in [4.69, 9.17) is 4.74 Å². The normalized spacial score (nSPS) is 21.5. The van der Waals surface area contributed by atoms with E-state index in [1.54, 1.807) is 21.0 Å². The van der Waals surface area contributed by atoms with Crippen LogP contribution < -0.4 is 51.4 Å². The number of nitrogens with zero attached hydrogens (tertiary/aromatic N) is 2. The summed E-state index contributed by atoms with van der Waals surface area (Å²) in [6.45, 7) is 6.46. The molecule has 0 spiro atoms. The van der Waals surface area contributed by atoms with Crippen LogP contribution in [0.3, 0.4) is 0 Å². The average molecular weight is 411 g/mol. The number of rotatable bonds is 12. The molecule has 1 heterocycles. The van der Waals surface area contributed by atoms with E-state index in [1.807, 2.05) is 0 Å². The largest absolute Gasteiger partial charge is 1.00 e. The Morgan fingerprint density at radius 2 is 1.67 bits per heavy atom. The zero-order valence-electron chi connectivity index (χ0n) is 15.0. The first-order chi connectivity index (χ1) is 10.5. The van der Waals surface area contributed by atoms with Crippen molar-refractivity contribution >= 4 is 20.1 Å². The van der Waals surface area contributed by atoms with Crippen molar-refractivity contribution in [3.05, 3.63) is 0 Å². The molecule has 1 aliphatic rings. The standard InChI is InChI=1S/C13H28N2O6S2.K/c1-13(2)15(23(13,19)20)9-6-8-14(10-11-21-3)7-4-5-12-22(16,17)18;/h4-12H2,1-3H3,(H,16,17,18);/q;+1/p-1. The van der Waals surface area contributed by atoms with E-state index in [0.717, 1.165) is 0 Å². The predicted molar refractivity (Wildman–Crippen MR) is 86.4 cm³/mol. The van der Waals surface area contributed by atoms with Crippen LogP contribution in [-0.2, 0) is 24.9 Å². The Morgan fingerprint density at radius 3 is 2.12 bits per heavy atom. The fraction of sp³-hybridized carbons (Fsp3) is 1.00. The zero-order chi connectivity index (χ0) is 17.7. The molecule has 24 heavy (non-hydrogen) atoms. The molecule has 1 rings (SSSR count). The summed E-state index contributed by atoms with van der Waals surface area (Å²) < 4.78 is 61.6. The maximum atomic E-state index is 11.7. The third kappa shape index (κ3) is 7.95. The van der Waals surface area contributed by atoms with Gasteiger partial charge in [0.05, 0.1) is 16.7 Å². The number of hydrogen-bond donors (Lipinski definition) is 0. The maximum absolute atomic E-state index is 11.7. The van der Waals surface area contributed by atoms with Gasteiger partial charge in [0.1, 0.15) is 4.87 Å². The molecule has 1 fully saturated rings. The van der Waals surface area contributed by atoms with Gasteiger partial charge in [-0.1, -0.05) is 0 Å². The zero-order valence-corrected chi connectivity index (χ0v) is 19.8. The van der Waals surface area contributed by atoms with Crippen molar-refractivity contribution < 1.29 is 77.5 Å². The molecule has 0 N–H and O–H groups in total. The molecule has 1 unspecified atom stereocenters. The molecule has 11 heteroatoms. The van der Waals surface area contributed by atoms with Crippen molar-refractivity contribution in [3.8, 4) is 0 Å². The summed E-state index contributed by atoms with van der Waals surface area (Å²) in [7, 11) is -5.65. The summed E-state index contributed by atoms with van der Waals surface area (Å²) in [6.07, 6.45) is 1.65. The second-order valence-electron chi connectivity index (χ2n) is 6.18. The van der Waals surface area contributed by atoms with Crippen LogP contribution in [0.4, 0.5) is 0 Å². The number of ether oxygens (including phenoxy) is 1. The fourth-order valence-electron chi connectivity index (χ4n) is 2.48. The minimum absolute atomic E-state index is 0. The van der Waals surface area contributed by atoms with Gasteiger partial charge in [-0.3, -0.25) is 0 Å². The van der Waals surface area contributed by atoms with Gasteiger partial charge >= 0.3 is 51.4 Å². The molecule has 0 saturated carbocycles. The maximum Gasteiger partial charge on any atom is 1.00 e. The van der Waals surface area contributed by atoms with Crippen LogP contribution in [0.2, 0.25) is 0 Å². The Labute approximate surface area is 188 Å². The number of methoxy groups -OCH3 is 1. The van der Waals surface area contributed by atoms with Gasteiger partial charge in [0.25, 0.3) is 0 Å². The van der Waals surface area contributed by atoms with Crippen LogP contribution in [0.15, 0.2) is 0 Å². The molecule has 0 amide bonds. The smallest absolute Gasteiger partial charge is 0.748 e. The molecule has 0 radical (unpaired) electrons. The first-order valence-electron chi connectivity index (χ1n) is 7.69. The third-order valence-corrected chi connectivity index (χ3v) is 7.37. The van der Waals surface area contributed by atoms with Crippen molar-refractivity contribution in [1.29, 1.82) is 0 Å². The number of hydrogen-bond acceptors (Lipinski definition) is 7. The first-order valence-corrected chi connectivity index (χ1v) is 10.7. The summed E-state index contributed by atoms with van der Waals surface area (Å²) in [6, 6.07) is 0. The van der Waals surface area contributed by atoms with Gasteiger partial charge in [-0.15, -0.1) is 0 Å². The quantitative estimate of drug-likeness (QED) is 0.146. The molecular weight excluding hydrogens is 383 g/mol. The summed E-state index contributed by atoms with van der Waals surface area (Å²) in [4.78, 5) is 1.34. The van der Waals surface area contributed by atoms with Gasteiger partial charge in [-0.05, 0) is 46.2 Å². The Morgan fingerprint density at radius 1 is 1.12 bits per heavy atom. The third-order valence-electron chi connectivity index (χ3n) is 4.06. The molecule has 138 valence electrons. The van der Waals surface area contributed by atoms with Gasteiger partial charge in [0, 0.05) is 26.0 Å². The van der Waals surface area contributed by atoms with E-state index in [1.165, 1.54) is 4.31 Å². The molecule has 0 aromatic rings. The summed E-state index contributed by atoms with van der Waals surface area (Å²) >= 11 is 0. The SMILES string of the molecule is COCCN(CCCCS(=O)(=O)[O-])CCCN1C(C)(C)S1(=O)=O.[K+]. The molecule has 0 aromatic heterocycles. The van der Waals surface area contributed by atoms with Crippen molar-refractivity contribution in [3.63, 3.8) is 0 Å². The number of unbranched alkanes of at least 4 members (excludes halogenated alkanes) is 1. The van der Waals surface area contributed by atoms with Gasteiger partial charge in [0.2, 0.25) is 10.0 Å². The molecule has 0 bridgehead atoms. The predicted octanol–water partition coefficient (Wildman–Crippen LogP) is -2.96. The monoisotopic (exact) mass is 410 g/mol. The van der Waals surface area contributed by atoms with Crippen molar-refractivity contribution in [2.45, 2.75) is 38.0 Å². The van der Waals surface area contributed by atoms with Crippen molar-refractivity contribution in [1.82, 2.24) is 9.21 Å². The topological polar surface area (TPSA) is 107 Å². The van der Waals surface area contributed by atoms with Crippen LogP contribution in [-0.4, -0.2) is 81.1 Å². The Hall–Kier alpha value is 1.38. The summed E-state index contributed by atoms with van der Waals surface area (Å²) in [5, 5.41) is 0. The molecular formula is C13H27KN2O6S2. The molecule has 0 aromatic carbocycles. The van der Waals surface area contributed by atoms with Gasteiger partial charge < -0.3 is 14.2 Å². The van der Waals surface area contributed by atoms with E-state index >= 15 is 0 Å². The molecule has 8 nitrogen and oxygen atoms in total. The van der Waals surface area contributed by atoms with Crippen molar-refractivity contribution in [2.75, 3.05) is 45.6 Å². The number of sulfonamides is 1. The van der Waals surface area contributed by atoms with E-state index in [0.29, 0.717) is 52.0 Å². The summed E-state index contributed by atoms with van der Waals surface area (Å²) in [5.74, 6) is -0.342. The second kappa shape index (κ2) is 10.6. The molecule has 1 atom stereocenters. The van der Waals surface area contributed by atoms with E-state index in [9.17, 15) is 21.4 Å². The molecule has 1 saturated heterocycles. The van der Waals surface area contributed by atoms with Crippen molar-refractivity contribution in [2.24, 2.45) is 0 Å². The Balaban J connectivity index is 0.00000529.